The number of hydrogen-bond donors (Lipinski definition) is 1. The second-order valence-corrected chi connectivity index (χ2v) is 7.50. The van der Waals surface area contributed by atoms with Crippen LogP contribution in [0.2, 0.25) is 0 Å². The molecular formula is C23H24FNO2. The van der Waals surface area contributed by atoms with Gasteiger partial charge in [-0.2, -0.15) is 0 Å². The highest BCUT2D eigenvalue weighted by Gasteiger charge is 2.18. The van der Waals surface area contributed by atoms with Crippen molar-refractivity contribution < 1.29 is 13.9 Å². The first kappa shape index (κ1) is 17.8. The Morgan fingerprint density at radius 2 is 1.85 bits per heavy atom. The summed E-state index contributed by atoms with van der Waals surface area (Å²) < 4.78 is 18.9. The van der Waals surface area contributed by atoms with E-state index in [0.29, 0.717) is 16.9 Å². The van der Waals surface area contributed by atoms with Gasteiger partial charge >= 0.3 is 0 Å². The third-order valence-corrected chi connectivity index (χ3v) is 5.44. The number of anilines is 1. The average molecular weight is 365 g/mol. The van der Waals surface area contributed by atoms with E-state index >= 15 is 0 Å². The smallest absolute Gasteiger partial charge is 0.255 e. The Morgan fingerprint density at radius 1 is 1.07 bits per heavy atom. The van der Waals surface area contributed by atoms with Gasteiger partial charge < -0.3 is 10.1 Å². The third-order valence-electron chi connectivity index (χ3n) is 5.44. The summed E-state index contributed by atoms with van der Waals surface area (Å²) in [5.74, 6) is 0.831. The fourth-order valence-electron chi connectivity index (χ4n) is 3.94. The van der Waals surface area contributed by atoms with E-state index in [-0.39, 0.29) is 18.3 Å². The number of carbonyl (C=O) groups is 1. The maximum atomic E-state index is 13.4. The van der Waals surface area contributed by atoms with Crippen LogP contribution in [0.15, 0.2) is 48.0 Å². The number of ether oxygens (including phenoxy) is 1. The molecule has 0 atom stereocenters. The van der Waals surface area contributed by atoms with Crippen LogP contribution in [0, 0.1) is 11.7 Å². The van der Waals surface area contributed by atoms with Gasteiger partial charge in [0.05, 0.1) is 5.57 Å². The molecule has 1 amide bonds. The summed E-state index contributed by atoms with van der Waals surface area (Å²) in [5, 5.41) is 2.91. The lowest BCUT2D eigenvalue weighted by Gasteiger charge is -2.21. The molecule has 0 saturated heterocycles. The number of nitrogens with one attached hydrogen (secondary N) is 1. The summed E-state index contributed by atoms with van der Waals surface area (Å²) in [4.78, 5) is 12.5. The van der Waals surface area contributed by atoms with Crippen molar-refractivity contribution in [3.05, 3.63) is 65.0 Å². The Bertz CT molecular complexity index is 851. The first-order chi connectivity index (χ1) is 13.2. The predicted molar refractivity (Wildman–Crippen MR) is 105 cm³/mol. The van der Waals surface area contributed by atoms with E-state index in [2.05, 4.69) is 17.4 Å². The van der Waals surface area contributed by atoms with Gasteiger partial charge in [0, 0.05) is 11.3 Å². The van der Waals surface area contributed by atoms with Crippen molar-refractivity contribution in [1.82, 2.24) is 0 Å². The van der Waals surface area contributed by atoms with Crippen LogP contribution in [-0.2, 0) is 11.2 Å². The average Bonchev–Trinajstić information content (AvgIpc) is 2.69. The zero-order valence-electron chi connectivity index (χ0n) is 15.3. The molecule has 4 heteroatoms. The van der Waals surface area contributed by atoms with E-state index < -0.39 is 0 Å². The van der Waals surface area contributed by atoms with Crippen LogP contribution in [0.3, 0.4) is 0 Å². The molecule has 1 fully saturated rings. The molecule has 2 aromatic carbocycles. The molecule has 0 radical (unpaired) electrons. The minimum absolute atomic E-state index is 0.185. The van der Waals surface area contributed by atoms with Crippen molar-refractivity contribution in [1.29, 1.82) is 0 Å². The Balaban J connectivity index is 1.39. The summed E-state index contributed by atoms with van der Waals surface area (Å²) in [7, 11) is 0. The molecule has 0 bridgehead atoms. The molecule has 1 aliphatic carbocycles. The van der Waals surface area contributed by atoms with Crippen LogP contribution in [0.4, 0.5) is 10.1 Å². The summed E-state index contributed by atoms with van der Waals surface area (Å²) >= 11 is 0. The number of rotatable bonds is 4. The summed E-state index contributed by atoms with van der Waals surface area (Å²) in [6.07, 6.45) is 9.54. The normalized spacial score (nSPS) is 16.9. The standard InChI is InChI=1S/C23H24FNO2/c24-20-8-11-22-18(14-20)13-19(15-27-22)23(26)25-21-9-6-17(7-10-21)12-16-4-2-1-3-5-16/h6-11,13-14,16H,1-5,12,15H2,(H,25,26). The van der Waals surface area contributed by atoms with Crippen molar-refractivity contribution >= 4 is 17.7 Å². The fraction of sp³-hybridized carbons (Fsp3) is 0.348. The largest absolute Gasteiger partial charge is 0.488 e. The Morgan fingerprint density at radius 3 is 2.63 bits per heavy atom. The van der Waals surface area contributed by atoms with Crippen molar-refractivity contribution in [3.8, 4) is 5.75 Å². The van der Waals surface area contributed by atoms with Gasteiger partial charge in [0.1, 0.15) is 18.2 Å². The van der Waals surface area contributed by atoms with Crippen LogP contribution >= 0.6 is 0 Å². The second kappa shape index (κ2) is 7.95. The quantitative estimate of drug-likeness (QED) is 0.792. The molecule has 0 aromatic heterocycles. The van der Waals surface area contributed by atoms with Crippen molar-refractivity contribution in [3.63, 3.8) is 0 Å². The van der Waals surface area contributed by atoms with Crippen molar-refractivity contribution in [2.45, 2.75) is 38.5 Å². The van der Waals surface area contributed by atoms with Crippen LogP contribution in [0.5, 0.6) is 5.75 Å². The minimum Gasteiger partial charge on any atom is -0.488 e. The zero-order valence-corrected chi connectivity index (χ0v) is 15.3. The monoisotopic (exact) mass is 365 g/mol. The second-order valence-electron chi connectivity index (χ2n) is 7.50. The van der Waals surface area contributed by atoms with Gasteiger partial charge in [0.25, 0.3) is 5.91 Å². The van der Waals surface area contributed by atoms with Gasteiger partial charge in [-0.25, -0.2) is 4.39 Å². The topological polar surface area (TPSA) is 38.3 Å². The van der Waals surface area contributed by atoms with Gasteiger partial charge in [-0.3, -0.25) is 4.79 Å². The number of amides is 1. The number of halogens is 1. The highest BCUT2D eigenvalue weighted by molar-refractivity contribution is 6.07. The van der Waals surface area contributed by atoms with Crippen LogP contribution in [0.1, 0.15) is 43.2 Å². The number of hydrogen-bond acceptors (Lipinski definition) is 2. The van der Waals surface area contributed by atoms with Gasteiger partial charge in [-0.1, -0.05) is 44.2 Å². The molecule has 0 spiro atoms. The molecule has 4 rings (SSSR count). The first-order valence-corrected chi connectivity index (χ1v) is 9.70. The molecule has 1 aliphatic heterocycles. The lowest BCUT2D eigenvalue weighted by Crippen LogP contribution is -2.21. The Labute approximate surface area is 159 Å². The van der Waals surface area contributed by atoms with Gasteiger partial charge in [0.2, 0.25) is 0 Å². The highest BCUT2D eigenvalue weighted by Crippen LogP contribution is 2.28. The minimum atomic E-state index is -0.344. The molecule has 2 aliphatic rings. The zero-order chi connectivity index (χ0) is 18.6. The lowest BCUT2D eigenvalue weighted by molar-refractivity contribution is -0.113. The SMILES string of the molecule is O=C(Nc1ccc(CC2CCCCC2)cc1)C1=Cc2cc(F)ccc2OC1. The lowest BCUT2D eigenvalue weighted by atomic mass is 9.85. The Hall–Kier alpha value is -2.62. The molecule has 2 aromatic rings. The van der Waals surface area contributed by atoms with Crippen molar-refractivity contribution in [2.75, 3.05) is 11.9 Å². The third kappa shape index (κ3) is 4.38. The van der Waals surface area contributed by atoms with E-state index in [1.165, 1.54) is 49.8 Å². The van der Waals surface area contributed by atoms with E-state index in [4.69, 9.17) is 4.74 Å². The van der Waals surface area contributed by atoms with Gasteiger partial charge in [-0.05, 0) is 54.3 Å². The van der Waals surface area contributed by atoms with Crippen LogP contribution in [0.25, 0.3) is 6.08 Å². The first-order valence-electron chi connectivity index (χ1n) is 9.70. The highest BCUT2D eigenvalue weighted by atomic mass is 19.1. The molecule has 3 nitrogen and oxygen atoms in total. The summed E-state index contributed by atoms with van der Waals surface area (Å²) in [5.41, 5.74) is 3.16. The molecule has 140 valence electrons. The van der Waals surface area contributed by atoms with Crippen molar-refractivity contribution in [2.24, 2.45) is 5.92 Å². The number of fused-ring (bicyclic) bond motifs is 1. The fourth-order valence-corrected chi connectivity index (χ4v) is 3.94. The molecule has 27 heavy (non-hydrogen) atoms. The molecule has 1 heterocycles. The maximum absolute atomic E-state index is 13.4. The van der Waals surface area contributed by atoms with Crippen LogP contribution in [-0.4, -0.2) is 12.5 Å². The van der Waals surface area contributed by atoms with Crippen LogP contribution < -0.4 is 10.1 Å². The molecule has 1 N–H and O–H groups in total. The summed E-state index contributed by atoms with van der Waals surface area (Å²) in [6.45, 7) is 0.185. The van der Waals surface area contributed by atoms with E-state index in [9.17, 15) is 9.18 Å². The molecular weight excluding hydrogens is 341 g/mol. The number of carbonyl (C=O) groups excluding carboxylic acids is 1. The van der Waals surface area contributed by atoms with Gasteiger partial charge in [-0.15, -0.1) is 0 Å². The van der Waals surface area contributed by atoms with Gasteiger partial charge in [0.15, 0.2) is 0 Å². The van der Waals surface area contributed by atoms with E-state index in [1.807, 2.05) is 12.1 Å². The van der Waals surface area contributed by atoms with E-state index in [1.54, 1.807) is 12.1 Å². The maximum Gasteiger partial charge on any atom is 0.255 e. The molecule has 0 unspecified atom stereocenters. The number of benzene rings is 2. The Kier molecular flexibility index (Phi) is 5.23. The summed E-state index contributed by atoms with van der Waals surface area (Å²) in [6, 6.07) is 12.4. The molecule has 1 saturated carbocycles. The van der Waals surface area contributed by atoms with E-state index in [0.717, 1.165) is 18.0 Å². The predicted octanol–water partition coefficient (Wildman–Crippen LogP) is 5.36.